The molecule has 1 unspecified atom stereocenters. The molecule has 1 N–H and O–H groups in total. The topological polar surface area (TPSA) is 64.1 Å². The minimum Gasteiger partial charge on any atom is -0.397 e. The van der Waals surface area contributed by atoms with E-state index in [2.05, 4.69) is 40.6 Å². The molecule has 102 valence electrons. The predicted octanol–water partition coefficient (Wildman–Crippen LogP) is 2.31. The van der Waals surface area contributed by atoms with Crippen LogP contribution in [0.3, 0.4) is 0 Å². The second-order valence-electron chi connectivity index (χ2n) is 5.51. The van der Waals surface area contributed by atoms with Crippen LogP contribution in [0.25, 0.3) is 0 Å². The van der Waals surface area contributed by atoms with Crippen LogP contribution in [0.2, 0.25) is 19.6 Å². The van der Waals surface area contributed by atoms with Crippen LogP contribution in [-0.2, 0) is 4.43 Å². The van der Waals surface area contributed by atoms with E-state index in [1.54, 1.807) is 0 Å². The summed E-state index contributed by atoms with van der Waals surface area (Å²) in [5.41, 5.74) is -0.869. The Labute approximate surface area is 115 Å². The molecule has 7 heteroatoms. The smallest absolute Gasteiger partial charge is 0.330 e. The van der Waals surface area contributed by atoms with Gasteiger partial charge in [-0.25, -0.2) is 4.79 Å². The Kier molecular flexibility index (Phi) is 4.74. The lowest BCUT2D eigenvalue weighted by molar-refractivity contribution is 0.0703. The molecule has 5 nitrogen and oxygen atoms in total. The zero-order valence-electron chi connectivity index (χ0n) is 11.3. The monoisotopic (exact) mass is 334 g/mol. The number of nitrogens with zero attached hydrogens (tertiary/aromatic N) is 1. The molecular formula is C11H19BrN2O3Si. The summed E-state index contributed by atoms with van der Waals surface area (Å²) in [6, 6.07) is 0. The summed E-state index contributed by atoms with van der Waals surface area (Å²) in [4.78, 5) is 25.4. The number of rotatable bonds is 4. The number of hydrogen-bond acceptors (Lipinski definition) is 3. The van der Waals surface area contributed by atoms with Crippen molar-refractivity contribution in [3.63, 3.8) is 0 Å². The van der Waals surface area contributed by atoms with Crippen molar-refractivity contribution in [2.24, 2.45) is 5.92 Å². The van der Waals surface area contributed by atoms with Crippen molar-refractivity contribution < 1.29 is 4.43 Å². The Morgan fingerprint density at radius 3 is 2.33 bits per heavy atom. The van der Waals surface area contributed by atoms with Gasteiger partial charge in [-0.1, -0.05) is 13.8 Å². The van der Waals surface area contributed by atoms with Crippen LogP contribution in [0.5, 0.6) is 0 Å². The van der Waals surface area contributed by atoms with Crippen LogP contribution >= 0.6 is 15.9 Å². The first-order valence-corrected chi connectivity index (χ1v) is 10.0. The highest BCUT2D eigenvalue weighted by Crippen LogP contribution is 2.22. The van der Waals surface area contributed by atoms with E-state index in [0.29, 0.717) is 4.47 Å². The highest BCUT2D eigenvalue weighted by atomic mass is 79.9. The number of nitrogens with one attached hydrogen (secondary N) is 1. The van der Waals surface area contributed by atoms with E-state index >= 15 is 0 Å². The van der Waals surface area contributed by atoms with Crippen molar-refractivity contribution in [3.05, 3.63) is 31.5 Å². The second kappa shape index (κ2) is 5.54. The Hall–Kier alpha value is -0.663. The standard InChI is InChI=1S/C11H19BrN2O3Si/c1-7(2)10(17-18(3,4)5)14-6-8(12)9(15)13-11(14)16/h6-7,10H,1-5H3,(H,13,15,16). The number of aromatic amines is 1. The highest BCUT2D eigenvalue weighted by Gasteiger charge is 2.26. The van der Waals surface area contributed by atoms with Crippen molar-refractivity contribution in [2.75, 3.05) is 0 Å². The zero-order valence-corrected chi connectivity index (χ0v) is 13.9. The van der Waals surface area contributed by atoms with Crippen LogP contribution in [0.4, 0.5) is 0 Å². The molecule has 0 saturated heterocycles. The lowest BCUT2D eigenvalue weighted by Crippen LogP contribution is -2.40. The average Bonchev–Trinajstić information content (AvgIpc) is 2.19. The van der Waals surface area contributed by atoms with Crippen molar-refractivity contribution in [1.82, 2.24) is 9.55 Å². The lowest BCUT2D eigenvalue weighted by atomic mass is 10.2. The maximum Gasteiger partial charge on any atom is 0.330 e. The van der Waals surface area contributed by atoms with Gasteiger partial charge in [-0.15, -0.1) is 0 Å². The normalized spacial score (nSPS) is 13.9. The third-order valence-corrected chi connectivity index (χ3v) is 3.76. The fourth-order valence-corrected chi connectivity index (χ4v) is 2.96. The molecule has 0 fully saturated rings. The summed E-state index contributed by atoms with van der Waals surface area (Å²) in [6.45, 7) is 10.2. The van der Waals surface area contributed by atoms with Crippen LogP contribution < -0.4 is 11.2 Å². The summed E-state index contributed by atoms with van der Waals surface area (Å²) >= 11 is 3.13. The number of hydrogen-bond donors (Lipinski definition) is 1. The van der Waals surface area contributed by atoms with E-state index in [-0.39, 0.29) is 12.1 Å². The van der Waals surface area contributed by atoms with Gasteiger partial charge in [-0.2, -0.15) is 0 Å². The SMILES string of the molecule is CC(C)C(O[Si](C)(C)C)n1cc(Br)c(=O)[nH]c1=O. The Morgan fingerprint density at radius 1 is 1.33 bits per heavy atom. The van der Waals surface area contributed by atoms with Gasteiger partial charge in [0.25, 0.3) is 5.56 Å². The van der Waals surface area contributed by atoms with Gasteiger partial charge in [0.15, 0.2) is 8.32 Å². The van der Waals surface area contributed by atoms with Gasteiger partial charge in [-0.3, -0.25) is 14.3 Å². The first-order valence-electron chi connectivity index (χ1n) is 5.80. The third kappa shape index (κ3) is 3.93. The van der Waals surface area contributed by atoms with Gasteiger partial charge >= 0.3 is 5.69 Å². The quantitative estimate of drug-likeness (QED) is 0.859. The van der Waals surface area contributed by atoms with E-state index in [1.807, 2.05) is 13.8 Å². The first kappa shape index (κ1) is 15.4. The third-order valence-electron chi connectivity index (χ3n) is 2.24. The van der Waals surface area contributed by atoms with Crippen molar-refractivity contribution in [1.29, 1.82) is 0 Å². The molecule has 0 amide bonds. The zero-order chi connectivity index (χ0) is 14.1. The molecule has 0 aromatic carbocycles. The van der Waals surface area contributed by atoms with Crippen LogP contribution in [0.15, 0.2) is 20.3 Å². The Balaban J connectivity index is 3.27. The molecule has 0 radical (unpaired) electrons. The summed E-state index contributed by atoms with van der Waals surface area (Å²) in [5, 5.41) is 0. The molecule has 0 saturated carbocycles. The number of H-pyrrole nitrogens is 1. The summed E-state index contributed by atoms with van der Waals surface area (Å²) < 4.78 is 7.78. The van der Waals surface area contributed by atoms with Gasteiger partial charge < -0.3 is 4.43 Å². The molecule has 1 heterocycles. The molecule has 1 aromatic rings. The number of halogens is 1. The van der Waals surface area contributed by atoms with E-state index < -0.39 is 19.6 Å². The molecule has 1 atom stereocenters. The minimum absolute atomic E-state index is 0.132. The molecule has 1 aromatic heterocycles. The highest BCUT2D eigenvalue weighted by molar-refractivity contribution is 9.10. The van der Waals surface area contributed by atoms with Gasteiger partial charge in [0.05, 0.1) is 4.47 Å². The molecule has 0 aliphatic carbocycles. The van der Waals surface area contributed by atoms with Crippen molar-refractivity contribution >= 4 is 24.2 Å². The van der Waals surface area contributed by atoms with Gasteiger partial charge in [0.1, 0.15) is 6.23 Å². The molecule has 1 rings (SSSR count). The van der Waals surface area contributed by atoms with E-state index in [0.717, 1.165) is 0 Å². The first-order chi connectivity index (χ1) is 8.11. The van der Waals surface area contributed by atoms with Crippen LogP contribution in [0, 0.1) is 5.92 Å². The van der Waals surface area contributed by atoms with E-state index in [4.69, 9.17) is 4.43 Å². The molecule has 0 spiro atoms. The summed E-state index contributed by atoms with van der Waals surface area (Å²) in [5.74, 6) is 0.132. The van der Waals surface area contributed by atoms with Crippen LogP contribution in [0.1, 0.15) is 20.1 Å². The van der Waals surface area contributed by atoms with E-state index in [9.17, 15) is 9.59 Å². The fraction of sp³-hybridized carbons (Fsp3) is 0.636. The van der Waals surface area contributed by atoms with Gasteiger partial charge in [0, 0.05) is 6.20 Å². The second-order valence-corrected chi connectivity index (χ2v) is 10.8. The fourth-order valence-electron chi connectivity index (χ4n) is 1.53. The maximum absolute atomic E-state index is 11.8. The summed E-state index contributed by atoms with van der Waals surface area (Å²) in [6.07, 6.45) is 1.13. The van der Waals surface area contributed by atoms with E-state index in [1.165, 1.54) is 10.8 Å². The van der Waals surface area contributed by atoms with Crippen molar-refractivity contribution in [2.45, 2.75) is 39.7 Å². The van der Waals surface area contributed by atoms with Crippen molar-refractivity contribution in [3.8, 4) is 0 Å². The molecule has 0 bridgehead atoms. The maximum atomic E-state index is 11.8. The molecule has 0 aliphatic heterocycles. The molecule has 18 heavy (non-hydrogen) atoms. The largest absolute Gasteiger partial charge is 0.397 e. The Bertz CT molecular complexity index is 530. The minimum atomic E-state index is -1.79. The molecular weight excluding hydrogens is 316 g/mol. The predicted molar refractivity (Wildman–Crippen MR) is 77.3 cm³/mol. The average molecular weight is 335 g/mol. The number of aromatic nitrogens is 2. The molecule has 0 aliphatic rings. The lowest BCUT2D eigenvalue weighted by Gasteiger charge is -2.30. The van der Waals surface area contributed by atoms with Gasteiger partial charge in [0.2, 0.25) is 0 Å². The van der Waals surface area contributed by atoms with Crippen LogP contribution in [-0.4, -0.2) is 17.9 Å². The summed E-state index contributed by atoms with van der Waals surface area (Å²) in [7, 11) is -1.79. The van der Waals surface area contributed by atoms with Gasteiger partial charge in [-0.05, 0) is 41.5 Å². The Morgan fingerprint density at radius 2 is 1.89 bits per heavy atom.